The number of rotatable bonds is 4. The molecule has 2 atom stereocenters. The number of hydrogen-bond acceptors (Lipinski definition) is 5. The first-order valence-electron chi connectivity index (χ1n) is 7.04. The van der Waals surface area contributed by atoms with Crippen molar-refractivity contribution in [1.82, 2.24) is 0 Å². The molecule has 0 aromatic heterocycles. The summed E-state index contributed by atoms with van der Waals surface area (Å²) in [6.45, 7) is 2.14. The summed E-state index contributed by atoms with van der Waals surface area (Å²) in [4.78, 5) is 22.5. The molecule has 1 saturated carbocycles. The van der Waals surface area contributed by atoms with Crippen LogP contribution >= 0.6 is 0 Å². The van der Waals surface area contributed by atoms with Crippen molar-refractivity contribution >= 4 is 11.7 Å². The fourth-order valence-electron chi connectivity index (χ4n) is 2.66. The standard InChI is InChI=1S/C15H19NO5/c1-10-4-3-5-12(8-10)21-15(17)11-6-7-14(20-2)13(9-11)16(18)19/h6-7,9-10,12H,3-5,8H2,1-2H3. The highest BCUT2D eigenvalue weighted by Crippen LogP contribution is 2.29. The van der Waals surface area contributed by atoms with Gasteiger partial charge in [0.05, 0.1) is 17.6 Å². The van der Waals surface area contributed by atoms with E-state index in [1.165, 1.54) is 25.3 Å². The SMILES string of the molecule is COc1ccc(C(=O)OC2CCCC(C)C2)cc1[N+](=O)[O-]. The quantitative estimate of drug-likeness (QED) is 0.483. The van der Waals surface area contributed by atoms with Gasteiger partial charge in [-0.1, -0.05) is 13.3 Å². The molecule has 2 rings (SSSR count). The fraction of sp³-hybridized carbons (Fsp3) is 0.533. The molecule has 0 bridgehead atoms. The van der Waals surface area contributed by atoms with Gasteiger partial charge in [0.2, 0.25) is 0 Å². The van der Waals surface area contributed by atoms with Crippen LogP contribution in [0.1, 0.15) is 43.0 Å². The van der Waals surface area contributed by atoms with Gasteiger partial charge in [0, 0.05) is 6.07 Å². The molecule has 1 aromatic carbocycles. The van der Waals surface area contributed by atoms with Crippen LogP contribution in [0.25, 0.3) is 0 Å². The Morgan fingerprint density at radius 3 is 2.76 bits per heavy atom. The van der Waals surface area contributed by atoms with Crippen molar-refractivity contribution in [1.29, 1.82) is 0 Å². The van der Waals surface area contributed by atoms with E-state index in [9.17, 15) is 14.9 Å². The van der Waals surface area contributed by atoms with Crippen LogP contribution in [0, 0.1) is 16.0 Å². The van der Waals surface area contributed by atoms with Gasteiger partial charge in [-0.3, -0.25) is 10.1 Å². The van der Waals surface area contributed by atoms with E-state index in [0.717, 1.165) is 25.7 Å². The van der Waals surface area contributed by atoms with Crippen LogP contribution in [0.15, 0.2) is 18.2 Å². The van der Waals surface area contributed by atoms with E-state index < -0.39 is 10.9 Å². The molecule has 0 spiro atoms. The molecule has 0 N–H and O–H groups in total. The van der Waals surface area contributed by atoms with Crippen LogP contribution in [-0.2, 0) is 4.74 Å². The molecule has 1 aromatic rings. The molecule has 1 aliphatic rings. The van der Waals surface area contributed by atoms with Crippen molar-refractivity contribution in [2.24, 2.45) is 5.92 Å². The van der Waals surface area contributed by atoms with Crippen LogP contribution in [0.4, 0.5) is 5.69 Å². The van der Waals surface area contributed by atoms with Crippen molar-refractivity contribution in [3.05, 3.63) is 33.9 Å². The number of hydrogen-bond donors (Lipinski definition) is 0. The second kappa shape index (κ2) is 6.56. The average molecular weight is 293 g/mol. The minimum atomic E-state index is -0.571. The van der Waals surface area contributed by atoms with Crippen molar-refractivity contribution in [2.45, 2.75) is 38.7 Å². The van der Waals surface area contributed by atoms with E-state index in [1.54, 1.807) is 0 Å². The minimum Gasteiger partial charge on any atom is -0.490 e. The maximum Gasteiger partial charge on any atom is 0.338 e. The molecular weight excluding hydrogens is 274 g/mol. The Hall–Kier alpha value is -2.11. The Balaban J connectivity index is 2.12. The van der Waals surface area contributed by atoms with E-state index in [4.69, 9.17) is 9.47 Å². The van der Waals surface area contributed by atoms with E-state index in [2.05, 4.69) is 6.92 Å². The highest BCUT2D eigenvalue weighted by molar-refractivity contribution is 5.90. The smallest absolute Gasteiger partial charge is 0.338 e. The van der Waals surface area contributed by atoms with Crippen LogP contribution in [-0.4, -0.2) is 24.1 Å². The number of nitro benzene ring substituents is 1. The topological polar surface area (TPSA) is 78.7 Å². The van der Waals surface area contributed by atoms with Crippen LogP contribution < -0.4 is 4.74 Å². The summed E-state index contributed by atoms with van der Waals surface area (Å²) < 4.78 is 10.4. The maximum atomic E-state index is 12.1. The zero-order valence-electron chi connectivity index (χ0n) is 12.2. The second-order valence-corrected chi connectivity index (χ2v) is 5.44. The number of carbonyl (C=O) groups is 1. The Morgan fingerprint density at radius 1 is 1.38 bits per heavy atom. The van der Waals surface area contributed by atoms with E-state index in [1.807, 2.05) is 0 Å². The lowest BCUT2D eigenvalue weighted by Crippen LogP contribution is -2.24. The van der Waals surface area contributed by atoms with Crippen LogP contribution in [0.2, 0.25) is 0 Å². The van der Waals surface area contributed by atoms with Gasteiger partial charge in [-0.25, -0.2) is 4.79 Å². The Morgan fingerprint density at radius 2 is 2.14 bits per heavy atom. The second-order valence-electron chi connectivity index (χ2n) is 5.44. The molecule has 1 aliphatic carbocycles. The molecule has 0 amide bonds. The van der Waals surface area contributed by atoms with Gasteiger partial charge in [0.1, 0.15) is 6.10 Å². The van der Waals surface area contributed by atoms with E-state index >= 15 is 0 Å². The number of benzene rings is 1. The van der Waals surface area contributed by atoms with Crippen molar-refractivity contribution in [3.63, 3.8) is 0 Å². The van der Waals surface area contributed by atoms with Gasteiger partial charge < -0.3 is 9.47 Å². The number of ether oxygens (including phenoxy) is 2. The third-order valence-electron chi connectivity index (χ3n) is 3.77. The zero-order chi connectivity index (χ0) is 15.4. The van der Waals surface area contributed by atoms with Crippen molar-refractivity contribution in [3.8, 4) is 5.75 Å². The monoisotopic (exact) mass is 293 g/mol. The van der Waals surface area contributed by atoms with Crippen molar-refractivity contribution < 1.29 is 19.2 Å². The summed E-state index contributed by atoms with van der Waals surface area (Å²) in [5, 5.41) is 11.0. The average Bonchev–Trinajstić information content (AvgIpc) is 2.46. The number of esters is 1. The van der Waals surface area contributed by atoms with Gasteiger partial charge in [0.15, 0.2) is 5.75 Å². The molecule has 6 nitrogen and oxygen atoms in total. The van der Waals surface area contributed by atoms with Gasteiger partial charge in [0.25, 0.3) is 0 Å². The molecular formula is C15H19NO5. The molecule has 0 radical (unpaired) electrons. The van der Waals surface area contributed by atoms with Crippen LogP contribution in [0.3, 0.4) is 0 Å². The van der Waals surface area contributed by atoms with Gasteiger partial charge in [-0.15, -0.1) is 0 Å². The number of nitrogens with zero attached hydrogens (tertiary/aromatic N) is 1. The minimum absolute atomic E-state index is 0.0950. The first kappa shape index (κ1) is 15.3. The summed E-state index contributed by atoms with van der Waals surface area (Å²) in [6, 6.07) is 4.10. The molecule has 0 heterocycles. The van der Waals surface area contributed by atoms with Gasteiger partial charge in [-0.2, -0.15) is 0 Å². The Kier molecular flexibility index (Phi) is 4.77. The molecule has 2 unspecified atom stereocenters. The maximum absolute atomic E-state index is 12.1. The Labute approximate surface area is 123 Å². The molecule has 0 saturated heterocycles. The molecule has 6 heteroatoms. The molecule has 21 heavy (non-hydrogen) atoms. The highest BCUT2D eigenvalue weighted by atomic mass is 16.6. The van der Waals surface area contributed by atoms with E-state index in [0.29, 0.717) is 5.92 Å². The largest absolute Gasteiger partial charge is 0.490 e. The predicted molar refractivity (Wildman–Crippen MR) is 76.5 cm³/mol. The summed E-state index contributed by atoms with van der Waals surface area (Å²) in [6.07, 6.45) is 3.81. The number of carbonyl (C=O) groups excluding carboxylic acids is 1. The van der Waals surface area contributed by atoms with Gasteiger partial charge in [-0.05, 0) is 37.3 Å². The van der Waals surface area contributed by atoms with Crippen molar-refractivity contribution in [2.75, 3.05) is 7.11 Å². The number of nitro groups is 1. The lowest BCUT2D eigenvalue weighted by atomic mass is 9.89. The fourth-order valence-corrected chi connectivity index (χ4v) is 2.66. The van der Waals surface area contributed by atoms with Crippen LogP contribution in [0.5, 0.6) is 5.75 Å². The first-order chi connectivity index (χ1) is 10.0. The normalized spacial score (nSPS) is 21.6. The first-order valence-corrected chi connectivity index (χ1v) is 7.04. The predicted octanol–water partition coefficient (Wildman–Crippen LogP) is 3.34. The summed E-state index contributed by atoms with van der Waals surface area (Å²) in [7, 11) is 1.35. The summed E-state index contributed by atoms with van der Waals surface area (Å²) in [5.41, 5.74) is -0.0512. The third kappa shape index (κ3) is 3.71. The summed E-state index contributed by atoms with van der Waals surface area (Å²) in [5.74, 6) is 0.157. The lowest BCUT2D eigenvalue weighted by Gasteiger charge is -2.26. The molecule has 114 valence electrons. The highest BCUT2D eigenvalue weighted by Gasteiger charge is 2.24. The Bertz CT molecular complexity index is 543. The van der Waals surface area contributed by atoms with E-state index in [-0.39, 0.29) is 23.1 Å². The molecule has 0 aliphatic heterocycles. The zero-order valence-corrected chi connectivity index (χ0v) is 12.2. The lowest BCUT2D eigenvalue weighted by molar-refractivity contribution is -0.385. The molecule has 1 fully saturated rings. The van der Waals surface area contributed by atoms with Gasteiger partial charge >= 0.3 is 11.7 Å². The number of methoxy groups -OCH3 is 1. The summed E-state index contributed by atoms with van der Waals surface area (Å²) >= 11 is 0. The third-order valence-corrected chi connectivity index (χ3v) is 3.77.